The van der Waals surface area contributed by atoms with Crippen LogP contribution in [-0.4, -0.2) is 122 Å². The third-order valence-corrected chi connectivity index (χ3v) is 16.0. The summed E-state index contributed by atoms with van der Waals surface area (Å²) in [5.41, 5.74) is 11.5. The predicted octanol–water partition coefficient (Wildman–Crippen LogP) is -0.128. The van der Waals surface area contributed by atoms with Gasteiger partial charge in [-0.1, -0.05) is 35.7 Å². The fraction of sp³-hybridized carbons (Fsp3) is 0.353. The molecule has 0 spiro atoms. The molecule has 5 N–H and O–H groups in total. The molecule has 0 saturated heterocycles. The van der Waals surface area contributed by atoms with Crippen molar-refractivity contribution in [2.24, 2.45) is 33.3 Å². The number of hydrogen-bond donors (Lipinski definition) is 3. The molecule has 83 heavy (non-hydrogen) atoms. The summed E-state index contributed by atoms with van der Waals surface area (Å²) in [7, 11) is 6.73. The van der Waals surface area contributed by atoms with Crippen molar-refractivity contribution in [2.75, 3.05) is 28.2 Å². The van der Waals surface area contributed by atoms with Crippen molar-refractivity contribution in [3.8, 4) is 5.88 Å². The van der Waals surface area contributed by atoms with Crippen LogP contribution < -0.4 is 159 Å². The third-order valence-electron chi connectivity index (χ3n) is 13.0. The maximum Gasteiger partial charge on any atom is 1.00 e. The van der Waals surface area contributed by atoms with Crippen molar-refractivity contribution in [1.82, 2.24) is 50.1 Å². The van der Waals surface area contributed by atoms with E-state index in [1.165, 1.54) is 101 Å². The van der Waals surface area contributed by atoms with E-state index in [0.29, 0.717) is 40.4 Å². The Morgan fingerprint density at radius 1 is 0.759 bits per heavy atom. The Morgan fingerprint density at radius 3 is 1.54 bits per heavy atom. The summed E-state index contributed by atoms with van der Waals surface area (Å²) < 4.78 is 74.2. The largest absolute Gasteiger partial charge is 1.00 e. The summed E-state index contributed by atoms with van der Waals surface area (Å²) >= 11 is 5.62. The smallest absolute Gasteiger partial charge is 1.00 e. The van der Waals surface area contributed by atoms with Gasteiger partial charge >= 0.3 is 138 Å². The number of ether oxygens (including phenoxy) is 1. The molecule has 2 aromatic carbocycles. The van der Waals surface area contributed by atoms with Crippen molar-refractivity contribution in [3.05, 3.63) is 135 Å². The Balaban J connectivity index is 0.000000295. The van der Waals surface area contributed by atoms with Crippen LogP contribution in [0.5, 0.6) is 5.88 Å². The normalized spacial score (nSPS) is 22.6. The molecule has 0 radical (unpaired) electrons. The molecule has 0 bridgehead atoms. The molecule has 0 unspecified atom stereocenters. The molecule has 2 fully saturated rings. The topological polar surface area (TPSA) is 326 Å². The van der Waals surface area contributed by atoms with Gasteiger partial charge in [0.25, 0.3) is 12.4 Å². The molecule has 4 aliphatic rings. The van der Waals surface area contributed by atoms with E-state index in [1.54, 1.807) is 62.0 Å². The number of aromatic nitrogens is 8. The molecule has 6 atom stereocenters. The minimum atomic E-state index is -1.08. The molecule has 6 heterocycles. The van der Waals surface area contributed by atoms with E-state index < -0.39 is 43.9 Å². The number of rotatable bonds is 13. The Kier molecular flexibility index (Phi) is 25.3. The van der Waals surface area contributed by atoms with Gasteiger partial charge in [-0.15, -0.1) is 20.4 Å². The summed E-state index contributed by atoms with van der Waals surface area (Å²) in [6.45, 7) is 6.51. The maximum atomic E-state index is 15.1. The first kappa shape index (κ1) is 70.2. The number of aliphatic imine (C=N–C) groups is 2. The van der Waals surface area contributed by atoms with Gasteiger partial charge in [-0.2, -0.15) is 0 Å². The fourth-order valence-corrected chi connectivity index (χ4v) is 12.4. The van der Waals surface area contributed by atoms with Gasteiger partial charge in [0.15, 0.2) is 28.6 Å². The van der Waals surface area contributed by atoms with Crippen LogP contribution in [0.25, 0.3) is 23.8 Å². The van der Waals surface area contributed by atoms with E-state index >= 15 is 8.78 Å². The van der Waals surface area contributed by atoms with Gasteiger partial charge in [-0.25, -0.2) is 37.5 Å². The van der Waals surface area contributed by atoms with Gasteiger partial charge in [0, 0.05) is 65.0 Å². The van der Waals surface area contributed by atoms with Crippen molar-refractivity contribution in [3.63, 3.8) is 0 Å². The second-order valence-corrected chi connectivity index (χ2v) is 22.6. The zero-order valence-electron chi connectivity index (χ0n) is 47.4. The van der Waals surface area contributed by atoms with E-state index in [0.717, 1.165) is 0 Å². The van der Waals surface area contributed by atoms with Crippen LogP contribution in [0.15, 0.2) is 84.6 Å². The number of carbonyl (C=O) groups is 3. The molecular formula is C51H53BrCs2F4N14O9S2. The number of nitrogens with zero attached hydrogens (tertiary/aromatic N) is 12. The third kappa shape index (κ3) is 16.5. The second-order valence-electron chi connectivity index (χ2n) is 19.1. The Morgan fingerprint density at radius 2 is 1.19 bits per heavy atom. The van der Waals surface area contributed by atoms with Crippen molar-refractivity contribution < 1.29 is 200 Å². The monoisotopic (exact) mass is 1490 g/mol. The van der Waals surface area contributed by atoms with Crippen LogP contribution in [-0.2, 0) is 43.6 Å². The maximum absolute atomic E-state index is 15.1. The molecule has 23 nitrogen and oxygen atoms in total. The standard InChI is InChI=1S/C25H25F2N7O3S.C21H20BrF2N5OS.C4H6N2O2.CH2O3.2Cs.H/c1-13-32-33-21(37-13)12-36-20-11-29-18(10-30-20)17(27)8-14-5-6-16(26)15(7-14)24(2)19-9-25(19,22(35)34(3)4)38-23(28)31-24;1-20(16-8-21(16,18(30)29(2)3)31-19(25)28-20)12-6-11(4-5-13(12)23)7-14(24)15-9-27-17(22)10-26-15;1-3-5-6-4(2-7)8-3;2-1-4-3;;;/h5-8,10-11,19H,9,12H2,1-4H3,(H2,28,31);4-7,9-10,16H,8H2,1-3H3,(H2,25,28);7H,2H2,1H3;1,3H;;;/q;;;;2*+1;-1/p-1/b17-8-;14-7-;;;;;/t19-,24+,25-;16-,20+,21-;;;;;/m00...../s1. The quantitative estimate of drug-likeness (QED) is 0.0587. The molecule has 2 aliphatic carbocycles. The predicted molar refractivity (Wildman–Crippen MR) is 291 cm³/mol. The summed E-state index contributed by atoms with van der Waals surface area (Å²) in [4.78, 5) is 65.2. The zero-order chi connectivity index (χ0) is 59.2. The second kappa shape index (κ2) is 29.9. The summed E-state index contributed by atoms with van der Waals surface area (Å²) in [5.74, 6) is -1.31. The number of thioether (sulfide) groups is 2. The van der Waals surface area contributed by atoms with Gasteiger partial charge < -0.3 is 51.5 Å². The van der Waals surface area contributed by atoms with Gasteiger partial charge in [-0.3, -0.25) is 24.4 Å². The van der Waals surface area contributed by atoms with Crippen LogP contribution in [0.4, 0.5) is 17.6 Å². The number of aliphatic hydroxyl groups is 1. The molecule has 430 valence electrons. The summed E-state index contributed by atoms with van der Waals surface area (Å²) in [6, 6.07) is 8.54. The fourth-order valence-electron chi connectivity index (χ4n) is 9.23. The first-order valence-electron chi connectivity index (χ1n) is 24.0. The Labute approximate surface area is 609 Å². The summed E-state index contributed by atoms with van der Waals surface area (Å²) in [6.07, 6.45) is 8.74. The van der Waals surface area contributed by atoms with Crippen LogP contribution in [0.1, 0.15) is 85.3 Å². The first-order chi connectivity index (χ1) is 38.3. The Bertz CT molecular complexity index is 3450. The minimum Gasteiger partial charge on any atom is -1.00 e. The molecule has 32 heteroatoms. The first-order valence-corrected chi connectivity index (χ1v) is 26.5. The summed E-state index contributed by atoms with van der Waals surface area (Å²) in [5, 5.41) is 31.7. The van der Waals surface area contributed by atoms with E-state index in [9.17, 15) is 18.4 Å². The zero-order valence-corrected chi connectivity index (χ0v) is 62.2. The van der Waals surface area contributed by atoms with E-state index in [-0.39, 0.29) is 233 Å². The number of nitrogens with two attached hydrogens (primary N) is 2. The number of benzene rings is 2. The van der Waals surface area contributed by atoms with Gasteiger partial charge in [0.2, 0.25) is 35.4 Å². The number of amides is 2. The van der Waals surface area contributed by atoms with Gasteiger partial charge in [0.1, 0.15) is 43.7 Å². The molecule has 6 aromatic rings. The number of aryl methyl sites for hydroxylation is 2. The van der Waals surface area contributed by atoms with Crippen molar-refractivity contribution in [1.29, 1.82) is 0 Å². The molecule has 2 aliphatic heterocycles. The van der Waals surface area contributed by atoms with Crippen LogP contribution in [0, 0.1) is 37.3 Å². The molecule has 10 rings (SSSR count). The van der Waals surface area contributed by atoms with E-state index in [4.69, 9.17) is 40.2 Å². The molecule has 2 amide bonds. The average molecular weight is 1490 g/mol. The van der Waals surface area contributed by atoms with E-state index in [1.807, 2.05) is 0 Å². The van der Waals surface area contributed by atoms with E-state index in [2.05, 4.69) is 71.1 Å². The number of halogens is 5. The number of amidine groups is 2. The van der Waals surface area contributed by atoms with Crippen LogP contribution >= 0.6 is 39.5 Å². The van der Waals surface area contributed by atoms with Gasteiger partial charge in [0.05, 0.1) is 35.9 Å². The Hall–Kier alpha value is -3.57. The molecule has 4 aromatic heterocycles. The molecule has 2 saturated carbocycles. The van der Waals surface area contributed by atoms with Crippen LogP contribution in [0.2, 0.25) is 0 Å². The van der Waals surface area contributed by atoms with Crippen LogP contribution in [0.3, 0.4) is 0 Å². The van der Waals surface area contributed by atoms with Crippen molar-refractivity contribution in [2.45, 2.75) is 74.3 Å². The van der Waals surface area contributed by atoms with Crippen molar-refractivity contribution >= 4 is 91.9 Å². The average Bonchev–Trinajstić information content (AvgIpc) is 1.55. The van der Waals surface area contributed by atoms with Gasteiger partial charge in [-0.05, 0) is 90.2 Å². The number of aliphatic hydroxyl groups excluding tert-OH is 1. The molecular weight excluding hydrogens is 1440 g/mol. The SMILES string of the molecule is CN(C)C(=O)[C@]12C[C@H]1[C@@](C)(c1cc(/C=C(\F)c3cnc(Br)cn3)ccc1F)N=C(N)S2.Cc1nnc(CO)o1.Cc1nnc(COc2cnc(/C(F)=C/c3ccc(F)c([C@@]4(C)N=C(N)S[C@@]5(C(=O)N(C)C)C[C@H]54)c3)cn2)o1.O=CO[O-].[Cs+].[Cs+].[H-]. The number of carbonyl (C=O) groups excluding carboxylic acids is 3. The minimum absolute atomic E-state index is 0. The number of fused-ring (bicyclic) bond motifs is 2. The number of hydrogen-bond acceptors (Lipinski definition) is 23.